The molecule has 108 valence electrons. The molecule has 0 spiro atoms. The van der Waals surface area contributed by atoms with E-state index in [0.717, 1.165) is 25.7 Å². The smallest absolute Gasteiger partial charge is 0.318 e. The molecule has 1 aromatic carbocycles. The number of rotatable bonds is 2. The Morgan fingerprint density at radius 1 is 1.25 bits per heavy atom. The third-order valence-corrected chi connectivity index (χ3v) is 5.40. The highest BCUT2D eigenvalue weighted by Gasteiger charge is 2.42. The van der Waals surface area contributed by atoms with Gasteiger partial charge in [0.25, 0.3) is 0 Å². The van der Waals surface area contributed by atoms with Crippen molar-refractivity contribution in [1.82, 2.24) is 4.90 Å². The van der Waals surface area contributed by atoms with Crippen LogP contribution < -0.4 is 5.32 Å². The summed E-state index contributed by atoms with van der Waals surface area (Å²) in [5, 5.41) is 3.57. The van der Waals surface area contributed by atoms with Gasteiger partial charge in [-0.05, 0) is 56.2 Å². The van der Waals surface area contributed by atoms with Crippen molar-refractivity contribution in [2.24, 2.45) is 0 Å². The van der Waals surface area contributed by atoms with Crippen molar-refractivity contribution in [3.63, 3.8) is 0 Å². The number of piperidine rings is 1. The van der Waals surface area contributed by atoms with Crippen LogP contribution in [0.3, 0.4) is 0 Å². The number of urea groups is 1. The number of nitrogens with zero attached hydrogens (tertiary/aromatic N) is 1. The minimum absolute atomic E-state index is 0.0383. The highest BCUT2D eigenvalue weighted by molar-refractivity contribution is 7.99. The van der Waals surface area contributed by atoms with E-state index in [-0.39, 0.29) is 11.8 Å². The lowest BCUT2D eigenvalue weighted by Crippen LogP contribution is -2.49. The maximum Gasteiger partial charge on any atom is 0.322 e. The Balaban J connectivity index is 1.67. The molecule has 1 aromatic rings. The zero-order valence-corrected chi connectivity index (χ0v) is 12.3. The van der Waals surface area contributed by atoms with Crippen LogP contribution in [0.4, 0.5) is 14.9 Å². The fourth-order valence-corrected chi connectivity index (χ4v) is 4.20. The second kappa shape index (κ2) is 5.64. The number of hydrogen-bond donors (Lipinski definition) is 1. The van der Waals surface area contributed by atoms with Crippen molar-refractivity contribution < 1.29 is 9.18 Å². The zero-order chi connectivity index (χ0) is 14.1. The van der Waals surface area contributed by atoms with E-state index in [1.165, 1.54) is 12.1 Å². The number of fused-ring (bicyclic) bond motifs is 2. The second-order valence-corrected chi connectivity index (χ2v) is 6.70. The normalized spacial score (nSPS) is 28.5. The monoisotopic (exact) mass is 294 g/mol. The highest BCUT2D eigenvalue weighted by Crippen LogP contribution is 2.39. The van der Waals surface area contributed by atoms with Crippen LogP contribution >= 0.6 is 11.8 Å². The van der Waals surface area contributed by atoms with Crippen LogP contribution in [-0.2, 0) is 0 Å². The number of carbonyl (C=O) groups is 1. The van der Waals surface area contributed by atoms with Crippen molar-refractivity contribution in [3.05, 3.63) is 30.1 Å². The number of nitrogens with one attached hydrogen (secondary N) is 1. The van der Waals surface area contributed by atoms with Gasteiger partial charge in [0.2, 0.25) is 0 Å². The van der Waals surface area contributed by atoms with Crippen molar-refractivity contribution in [2.75, 3.05) is 11.6 Å². The summed E-state index contributed by atoms with van der Waals surface area (Å²) in [4.78, 5) is 14.4. The van der Waals surface area contributed by atoms with Crippen LogP contribution in [0.2, 0.25) is 0 Å². The Bertz CT molecular complexity index is 479. The SMILES string of the molecule is CSC1CC2CCC(C1)N2C(=O)Nc1ccc(F)cc1. The molecule has 2 atom stereocenters. The Hall–Kier alpha value is -1.23. The lowest BCUT2D eigenvalue weighted by atomic mass is 10.0. The topological polar surface area (TPSA) is 32.3 Å². The van der Waals surface area contributed by atoms with E-state index < -0.39 is 0 Å². The summed E-state index contributed by atoms with van der Waals surface area (Å²) in [5.74, 6) is -0.288. The van der Waals surface area contributed by atoms with Crippen molar-refractivity contribution >= 4 is 23.5 Å². The summed E-state index contributed by atoms with van der Waals surface area (Å²) in [5.41, 5.74) is 0.655. The maximum atomic E-state index is 12.9. The molecule has 2 bridgehead atoms. The number of anilines is 1. The maximum absolute atomic E-state index is 12.9. The number of benzene rings is 1. The lowest BCUT2D eigenvalue weighted by molar-refractivity contribution is 0.161. The van der Waals surface area contributed by atoms with Gasteiger partial charge in [0.15, 0.2) is 0 Å². The molecule has 1 N–H and O–H groups in total. The molecule has 0 saturated carbocycles. The summed E-state index contributed by atoms with van der Waals surface area (Å²) < 4.78 is 12.9. The lowest BCUT2D eigenvalue weighted by Gasteiger charge is -2.38. The van der Waals surface area contributed by atoms with Crippen LogP contribution in [0.1, 0.15) is 25.7 Å². The standard InChI is InChI=1S/C15H19FN2OS/c1-20-14-8-12-6-7-13(9-14)18(12)15(19)17-11-4-2-10(16)3-5-11/h2-5,12-14H,6-9H2,1H3,(H,17,19). The number of thioether (sulfide) groups is 1. The van der Waals surface area contributed by atoms with Gasteiger partial charge in [-0.1, -0.05) is 0 Å². The second-order valence-electron chi connectivity index (χ2n) is 5.56. The van der Waals surface area contributed by atoms with E-state index in [4.69, 9.17) is 0 Å². The Kier molecular flexibility index (Phi) is 3.87. The molecule has 2 fully saturated rings. The molecule has 0 aromatic heterocycles. The summed E-state index contributed by atoms with van der Waals surface area (Å²) in [7, 11) is 0. The van der Waals surface area contributed by atoms with E-state index in [2.05, 4.69) is 11.6 Å². The predicted molar refractivity (Wildman–Crippen MR) is 80.6 cm³/mol. The van der Waals surface area contributed by atoms with Crippen LogP contribution in [0.15, 0.2) is 24.3 Å². The zero-order valence-electron chi connectivity index (χ0n) is 11.5. The number of halogens is 1. The first-order chi connectivity index (χ1) is 9.67. The van der Waals surface area contributed by atoms with Gasteiger partial charge < -0.3 is 10.2 Å². The number of hydrogen-bond acceptors (Lipinski definition) is 2. The largest absolute Gasteiger partial charge is 0.322 e. The highest BCUT2D eigenvalue weighted by atomic mass is 32.2. The number of carbonyl (C=O) groups excluding carboxylic acids is 1. The molecular formula is C15H19FN2OS. The van der Waals surface area contributed by atoms with Crippen LogP contribution in [-0.4, -0.2) is 34.5 Å². The molecule has 0 radical (unpaired) electrons. The average Bonchev–Trinajstić information content (AvgIpc) is 2.72. The van der Waals surface area contributed by atoms with E-state index >= 15 is 0 Å². The molecule has 3 nitrogen and oxygen atoms in total. The molecule has 20 heavy (non-hydrogen) atoms. The molecule has 0 aliphatic carbocycles. The fourth-order valence-electron chi connectivity index (χ4n) is 3.37. The van der Waals surface area contributed by atoms with Crippen molar-refractivity contribution in [2.45, 2.75) is 43.0 Å². The first-order valence-electron chi connectivity index (χ1n) is 7.05. The van der Waals surface area contributed by atoms with Gasteiger partial charge in [-0.3, -0.25) is 0 Å². The summed E-state index contributed by atoms with van der Waals surface area (Å²) in [6, 6.07) is 6.63. The Morgan fingerprint density at radius 3 is 2.40 bits per heavy atom. The van der Waals surface area contributed by atoms with E-state index in [0.29, 0.717) is 23.0 Å². The third-order valence-electron chi connectivity index (χ3n) is 4.35. The molecule has 5 heteroatoms. The quantitative estimate of drug-likeness (QED) is 0.901. The van der Waals surface area contributed by atoms with E-state index in [9.17, 15) is 9.18 Å². The Labute approximate surface area is 122 Å². The predicted octanol–water partition coefficient (Wildman–Crippen LogP) is 3.72. The van der Waals surface area contributed by atoms with Crippen molar-refractivity contribution in [1.29, 1.82) is 0 Å². The van der Waals surface area contributed by atoms with Crippen LogP contribution in [0, 0.1) is 5.82 Å². The fraction of sp³-hybridized carbons (Fsp3) is 0.533. The molecule has 2 aliphatic rings. The molecular weight excluding hydrogens is 275 g/mol. The molecule has 2 aliphatic heterocycles. The van der Waals surface area contributed by atoms with Crippen molar-refractivity contribution in [3.8, 4) is 0 Å². The minimum Gasteiger partial charge on any atom is -0.318 e. The van der Waals surface area contributed by atoms with E-state index in [1.807, 2.05) is 16.7 Å². The van der Waals surface area contributed by atoms with Gasteiger partial charge in [-0.15, -0.1) is 0 Å². The molecule has 2 heterocycles. The van der Waals surface area contributed by atoms with Crippen LogP contribution in [0.5, 0.6) is 0 Å². The Morgan fingerprint density at radius 2 is 1.85 bits per heavy atom. The first-order valence-corrected chi connectivity index (χ1v) is 8.34. The average molecular weight is 294 g/mol. The number of amides is 2. The molecule has 3 rings (SSSR count). The van der Waals surface area contributed by atoms with Gasteiger partial charge in [0.05, 0.1) is 0 Å². The van der Waals surface area contributed by atoms with Gasteiger partial charge in [0.1, 0.15) is 5.82 Å². The summed E-state index contributed by atoms with van der Waals surface area (Å²) in [6.45, 7) is 0. The summed E-state index contributed by atoms with van der Waals surface area (Å²) in [6.07, 6.45) is 6.55. The molecule has 2 unspecified atom stereocenters. The van der Waals surface area contributed by atoms with Gasteiger partial charge in [-0.25, -0.2) is 9.18 Å². The van der Waals surface area contributed by atoms with Gasteiger partial charge >= 0.3 is 6.03 Å². The third kappa shape index (κ3) is 2.64. The van der Waals surface area contributed by atoms with Gasteiger partial charge in [0, 0.05) is 23.0 Å². The minimum atomic E-state index is -0.288. The van der Waals surface area contributed by atoms with Gasteiger partial charge in [-0.2, -0.15) is 11.8 Å². The first kappa shape index (κ1) is 13.7. The van der Waals surface area contributed by atoms with Crippen LogP contribution in [0.25, 0.3) is 0 Å². The molecule has 2 amide bonds. The summed E-state index contributed by atoms with van der Waals surface area (Å²) >= 11 is 1.91. The van der Waals surface area contributed by atoms with E-state index in [1.54, 1.807) is 12.1 Å². The molecule has 2 saturated heterocycles.